The molecular formula is C21H20F2N2O2S. The van der Waals surface area contributed by atoms with Gasteiger partial charge in [0.25, 0.3) is 5.56 Å². The minimum Gasteiger partial charge on any atom is -0.497 e. The van der Waals surface area contributed by atoms with Gasteiger partial charge < -0.3 is 4.74 Å². The fraction of sp³-hybridized carbons (Fsp3) is 0.238. The molecule has 0 amide bonds. The second-order valence-corrected chi connectivity index (χ2v) is 7.31. The Hall–Kier alpha value is -2.67. The number of thioether (sulfide) groups is 1. The van der Waals surface area contributed by atoms with Crippen molar-refractivity contribution in [2.75, 3.05) is 7.11 Å². The van der Waals surface area contributed by atoms with Crippen molar-refractivity contribution in [2.24, 2.45) is 7.05 Å². The summed E-state index contributed by atoms with van der Waals surface area (Å²) in [6, 6.07) is 10.8. The van der Waals surface area contributed by atoms with E-state index in [1.54, 1.807) is 21.1 Å². The molecule has 0 N–H and O–H groups in total. The van der Waals surface area contributed by atoms with Gasteiger partial charge in [0, 0.05) is 36.0 Å². The van der Waals surface area contributed by atoms with Gasteiger partial charge in [-0.1, -0.05) is 23.9 Å². The molecule has 0 saturated heterocycles. The molecule has 7 heteroatoms. The second-order valence-electron chi connectivity index (χ2n) is 6.37. The quantitative estimate of drug-likeness (QED) is 0.457. The third kappa shape index (κ3) is 4.42. The zero-order valence-corrected chi connectivity index (χ0v) is 16.6. The van der Waals surface area contributed by atoms with Crippen LogP contribution >= 0.6 is 11.8 Å². The highest BCUT2D eigenvalue weighted by Gasteiger charge is 2.14. The molecule has 0 aliphatic heterocycles. The Morgan fingerprint density at radius 2 is 1.86 bits per heavy atom. The molecule has 1 aromatic heterocycles. The van der Waals surface area contributed by atoms with Gasteiger partial charge in [-0.15, -0.1) is 0 Å². The third-order valence-electron chi connectivity index (χ3n) is 4.45. The zero-order chi connectivity index (χ0) is 20.3. The first-order valence-corrected chi connectivity index (χ1v) is 9.63. The van der Waals surface area contributed by atoms with Gasteiger partial charge in [0.1, 0.15) is 17.4 Å². The summed E-state index contributed by atoms with van der Waals surface area (Å²) in [7, 11) is 3.24. The summed E-state index contributed by atoms with van der Waals surface area (Å²) >= 11 is 1.20. The Morgan fingerprint density at radius 1 is 1.14 bits per heavy atom. The molecule has 0 bridgehead atoms. The first-order chi connectivity index (χ1) is 13.4. The topological polar surface area (TPSA) is 44.1 Å². The molecule has 28 heavy (non-hydrogen) atoms. The van der Waals surface area contributed by atoms with Gasteiger partial charge in [0.15, 0.2) is 5.16 Å². The lowest BCUT2D eigenvalue weighted by molar-refractivity contribution is 0.414. The Bertz CT molecular complexity index is 1050. The van der Waals surface area contributed by atoms with Gasteiger partial charge >= 0.3 is 0 Å². The maximum Gasteiger partial charge on any atom is 0.257 e. The van der Waals surface area contributed by atoms with Crippen LogP contribution in [0.3, 0.4) is 0 Å². The van der Waals surface area contributed by atoms with Crippen LogP contribution in [-0.4, -0.2) is 16.7 Å². The number of aromatic nitrogens is 2. The Balaban J connectivity index is 1.83. The summed E-state index contributed by atoms with van der Waals surface area (Å²) < 4.78 is 33.7. The van der Waals surface area contributed by atoms with E-state index in [2.05, 4.69) is 4.98 Å². The zero-order valence-electron chi connectivity index (χ0n) is 15.8. The Kier molecular flexibility index (Phi) is 6.14. The molecule has 0 unspecified atom stereocenters. The largest absolute Gasteiger partial charge is 0.497 e. The summed E-state index contributed by atoms with van der Waals surface area (Å²) in [5.74, 6) is -0.0411. The smallest absolute Gasteiger partial charge is 0.257 e. The maximum absolute atomic E-state index is 13.8. The molecule has 2 aromatic carbocycles. The van der Waals surface area contributed by atoms with Gasteiger partial charge in [-0.05, 0) is 42.8 Å². The second kappa shape index (κ2) is 8.56. The summed E-state index contributed by atoms with van der Waals surface area (Å²) in [6.07, 6.45) is 0.457. The van der Waals surface area contributed by atoms with Gasteiger partial charge in [0.2, 0.25) is 0 Å². The van der Waals surface area contributed by atoms with Crippen LogP contribution in [0.25, 0.3) is 0 Å². The van der Waals surface area contributed by atoms with E-state index < -0.39 is 11.6 Å². The number of benzene rings is 2. The number of methoxy groups -OCH3 is 1. The average molecular weight is 402 g/mol. The number of hydrogen-bond acceptors (Lipinski definition) is 4. The minimum absolute atomic E-state index is 0.148. The Morgan fingerprint density at radius 3 is 2.54 bits per heavy atom. The van der Waals surface area contributed by atoms with E-state index in [1.807, 2.05) is 24.3 Å². The monoisotopic (exact) mass is 402 g/mol. The van der Waals surface area contributed by atoms with Crippen molar-refractivity contribution >= 4 is 11.8 Å². The number of rotatable bonds is 6. The van der Waals surface area contributed by atoms with Crippen LogP contribution in [-0.2, 0) is 19.2 Å². The summed E-state index contributed by atoms with van der Waals surface area (Å²) in [5.41, 5.74) is 2.30. The van der Waals surface area contributed by atoms with Crippen molar-refractivity contribution in [3.8, 4) is 5.75 Å². The van der Waals surface area contributed by atoms with E-state index in [-0.39, 0.29) is 16.9 Å². The van der Waals surface area contributed by atoms with Crippen molar-refractivity contribution in [1.82, 2.24) is 9.55 Å². The normalized spacial score (nSPS) is 10.9. The first kappa shape index (κ1) is 20.1. The Labute approximate surface area is 166 Å². The highest BCUT2D eigenvalue weighted by Crippen LogP contribution is 2.23. The number of hydrogen-bond donors (Lipinski definition) is 0. The molecule has 0 aliphatic rings. The standard InChI is InChI=1S/C21H20F2N2O2S/c1-13-18(10-14-4-7-17(27-3)8-5-14)20(26)25(2)21(24-13)28-12-15-11-16(22)6-9-19(15)23/h4-9,11H,10,12H2,1-3H3. The van der Waals surface area contributed by atoms with Crippen molar-refractivity contribution in [3.63, 3.8) is 0 Å². The highest BCUT2D eigenvalue weighted by atomic mass is 32.2. The molecule has 0 fully saturated rings. The number of aryl methyl sites for hydroxylation is 1. The molecular weight excluding hydrogens is 382 g/mol. The average Bonchev–Trinajstić information content (AvgIpc) is 2.69. The van der Waals surface area contributed by atoms with Crippen molar-refractivity contribution in [3.05, 3.63) is 86.8 Å². The predicted octanol–water partition coefficient (Wildman–Crippen LogP) is 4.26. The van der Waals surface area contributed by atoms with Crippen molar-refractivity contribution in [1.29, 1.82) is 0 Å². The highest BCUT2D eigenvalue weighted by molar-refractivity contribution is 7.98. The fourth-order valence-electron chi connectivity index (χ4n) is 2.81. The molecule has 0 radical (unpaired) electrons. The molecule has 4 nitrogen and oxygen atoms in total. The van der Waals surface area contributed by atoms with Crippen LogP contribution in [0, 0.1) is 18.6 Å². The van der Waals surface area contributed by atoms with Crippen LogP contribution in [0.1, 0.15) is 22.4 Å². The van der Waals surface area contributed by atoms with E-state index >= 15 is 0 Å². The number of ether oxygens (including phenoxy) is 1. The summed E-state index contributed by atoms with van der Waals surface area (Å²) in [6.45, 7) is 1.78. The van der Waals surface area contributed by atoms with E-state index in [0.29, 0.717) is 22.8 Å². The van der Waals surface area contributed by atoms with Crippen LogP contribution in [0.2, 0.25) is 0 Å². The van der Waals surface area contributed by atoms with Crippen LogP contribution in [0.4, 0.5) is 8.78 Å². The first-order valence-electron chi connectivity index (χ1n) is 8.65. The molecule has 1 heterocycles. The van der Waals surface area contributed by atoms with Gasteiger partial charge in [-0.3, -0.25) is 9.36 Å². The molecule has 0 atom stereocenters. The van der Waals surface area contributed by atoms with Gasteiger partial charge in [-0.25, -0.2) is 13.8 Å². The molecule has 146 valence electrons. The van der Waals surface area contributed by atoms with Crippen LogP contribution in [0.15, 0.2) is 52.4 Å². The fourth-order valence-corrected chi connectivity index (χ4v) is 3.79. The van der Waals surface area contributed by atoms with E-state index in [4.69, 9.17) is 4.74 Å². The molecule has 3 aromatic rings. The maximum atomic E-state index is 13.8. The number of nitrogens with zero attached hydrogens (tertiary/aromatic N) is 2. The summed E-state index contributed by atoms with van der Waals surface area (Å²) in [5, 5.41) is 0.463. The molecule has 0 aliphatic carbocycles. The molecule has 0 saturated carbocycles. The van der Waals surface area contributed by atoms with Gasteiger partial charge in [0.05, 0.1) is 7.11 Å². The van der Waals surface area contributed by atoms with E-state index in [0.717, 1.165) is 29.5 Å². The van der Waals surface area contributed by atoms with Crippen molar-refractivity contribution in [2.45, 2.75) is 24.3 Å². The third-order valence-corrected chi connectivity index (χ3v) is 5.53. The van der Waals surface area contributed by atoms with Crippen LogP contribution < -0.4 is 10.3 Å². The lowest BCUT2D eigenvalue weighted by Gasteiger charge is -2.12. The van der Waals surface area contributed by atoms with Crippen molar-refractivity contribution < 1.29 is 13.5 Å². The lowest BCUT2D eigenvalue weighted by atomic mass is 10.1. The molecule has 0 spiro atoms. The van der Waals surface area contributed by atoms with Crippen LogP contribution in [0.5, 0.6) is 5.75 Å². The van der Waals surface area contributed by atoms with E-state index in [1.165, 1.54) is 16.3 Å². The SMILES string of the molecule is COc1ccc(Cc2c(C)nc(SCc3cc(F)ccc3F)n(C)c2=O)cc1. The molecule has 3 rings (SSSR count). The predicted molar refractivity (Wildman–Crippen MR) is 106 cm³/mol. The van der Waals surface area contributed by atoms with E-state index in [9.17, 15) is 13.6 Å². The van der Waals surface area contributed by atoms with Gasteiger partial charge in [-0.2, -0.15) is 0 Å². The lowest BCUT2D eigenvalue weighted by Crippen LogP contribution is -2.25. The minimum atomic E-state index is -0.495. The summed E-state index contributed by atoms with van der Waals surface area (Å²) in [4.78, 5) is 17.3. The number of halogens is 2.